The molecular weight excluding hydrogens is 851 g/mol. The maximum atomic E-state index is 16.9. The van der Waals surface area contributed by atoms with Crippen LogP contribution in [0.25, 0.3) is 0 Å². The van der Waals surface area contributed by atoms with Crippen molar-refractivity contribution in [3.8, 4) is 0 Å². The summed E-state index contributed by atoms with van der Waals surface area (Å²) < 4.78 is 42.2. The molecule has 0 aromatic carbocycles. The van der Waals surface area contributed by atoms with Crippen LogP contribution in [-0.4, -0.2) is 102 Å². The maximum absolute atomic E-state index is 16.9. The van der Waals surface area contributed by atoms with Crippen LogP contribution in [0.5, 0.6) is 0 Å². The molecule has 18 heteroatoms. The van der Waals surface area contributed by atoms with Gasteiger partial charge in [-0.2, -0.15) is 0 Å². The molecule has 0 spiro atoms. The van der Waals surface area contributed by atoms with Gasteiger partial charge in [0.15, 0.2) is 34.5 Å². The predicted molar refractivity (Wildman–Crippen MR) is 209 cm³/mol. The Morgan fingerprint density at radius 1 is 0.694 bits per heavy atom. The molecule has 0 radical (unpaired) electrons. The minimum Gasteiger partial charge on any atom is -0.813 e. The number of carbonyl (C=O) groups is 4. The van der Waals surface area contributed by atoms with Crippen molar-refractivity contribution in [1.82, 2.24) is 0 Å². The fourth-order valence-corrected chi connectivity index (χ4v) is 14.5. The zero-order valence-electron chi connectivity index (χ0n) is 37.0. The van der Waals surface area contributed by atoms with E-state index in [-0.39, 0.29) is 95.4 Å². The van der Waals surface area contributed by atoms with Gasteiger partial charge in [-0.15, -0.1) is 0 Å². The van der Waals surface area contributed by atoms with Gasteiger partial charge >= 0.3 is 59.1 Å². The molecule has 0 amide bonds. The summed E-state index contributed by atoms with van der Waals surface area (Å²) in [6.45, 7) is 8.96. The number of rotatable bonds is 4. The van der Waals surface area contributed by atoms with Crippen LogP contribution < -0.4 is 68.9 Å². The Labute approximate surface area is 406 Å². The number of alkyl halides is 2. The Bertz CT molecular complexity index is 1860. The summed E-state index contributed by atoms with van der Waals surface area (Å²) in [5.41, 5.74) is -10.3. The molecule has 6 saturated carbocycles. The first-order valence-corrected chi connectivity index (χ1v) is 22.1. The van der Waals surface area contributed by atoms with E-state index in [1.165, 1.54) is 24.3 Å². The van der Waals surface area contributed by atoms with Gasteiger partial charge in [-0.05, 0) is 113 Å². The van der Waals surface area contributed by atoms with Crippen LogP contribution in [0.2, 0.25) is 0 Å². The van der Waals surface area contributed by atoms with Crippen LogP contribution in [0.1, 0.15) is 92.9 Å². The molecule has 0 aromatic rings. The monoisotopic (exact) mass is 910 g/mol. The smallest absolute Gasteiger partial charge is 0.813 e. The van der Waals surface area contributed by atoms with Crippen molar-refractivity contribution in [1.29, 1.82) is 0 Å². The normalized spacial score (nSPS) is 48.0. The van der Waals surface area contributed by atoms with Gasteiger partial charge in [-0.3, -0.25) is 19.2 Å². The van der Waals surface area contributed by atoms with E-state index < -0.39 is 113 Å². The Morgan fingerprint density at radius 3 is 1.29 bits per heavy atom. The molecule has 8 aliphatic carbocycles. The summed E-state index contributed by atoms with van der Waals surface area (Å²) in [4.78, 5) is 65.8. The number of aliphatic hydroxyl groups is 6. The van der Waals surface area contributed by atoms with Crippen molar-refractivity contribution in [2.24, 2.45) is 57.2 Å². The molecule has 16 atom stereocenters. The van der Waals surface area contributed by atoms with Gasteiger partial charge in [0.1, 0.15) is 24.4 Å². The maximum Gasteiger partial charge on any atom is 1.00 e. The van der Waals surface area contributed by atoms with E-state index in [1.807, 2.05) is 0 Å². The first kappa shape index (κ1) is 54.0. The average Bonchev–Trinajstić information content (AvgIpc) is 3.50. The van der Waals surface area contributed by atoms with Crippen molar-refractivity contribution < 1.29 is 132 Å². The van der Waals surface area contributed by atoms with E-state index in [9.17, 15) is 49.8 Å². The Kier molecular flexibility index (Phi) is 15.8. The summed E-state index contributed by atoms with van der Waals surface area (Å²) in [7, 11) is -3.63. The van der Waals surface area contributed by atoms with Gasteiger partial charge in [-0.25, -0.2) is 8.78 Å². The second-order valence-corrected chi connectivity index (χ2v) is 20.2. The van der Waals surface area contributed by atoms with E-state index in [0.717, 1.165) is 0 Å². The molecule has 6 fully saturated rings. The van der Waals surface area contributed by atoms with Gasteiger partial charge in [0.2, 0.25) is 0 Å². The Morgan fingerprint density at radius 2 is 1.00 bits per heavy atom. The first-order valence-electron chi connectivity index (χ1n) is 20.9. The van der Waals surface area contributed by atoms with Crippen molar-refractivity contribution in [3.05, 3.63) is 47.6 Å². The molecule has 8 aliphatic rings. The summed E-state index contributed by atoms with van der Waals surface area (Å²) >= 11 is 0. The SMILES string of the molecule is C[C@@H]1CC2C3CCC4=CC(=O)C=C[C@]4(C)[C@@]3(F)[C@@H](O)C[C@]2(C)[C@@]1(O)C(=O)CO.C[C@@H]1CC2[C@H]3CCC4=CC(=O)C=C[C@]4(C)[C@@]3(F)[C@@H](O)C[C@]2(C)[C@@]1(O)C(=O)CO.O=[PH]([O-])[O-].[Na+].[Na+]. The molecule has 0 saturated heterocycles. The number of hydrogen-bond donors (Lipinski definition) is 6. The fourth-order valence-electron chi connectivity index (χ4n) is 14.5. The molecule has 0 bridgehead atoms. The zero-order valence-corrected chi connectivity index (χ0v) is 42.0. The number of Topliss-reactive ketones (excluding diaryl/α,β-unsaturated/α-hetero) is 2. The predicted octanol–water partition coefficient (Wildman–Crippen LogP) is -4.10. The van der Waals surface area contributed by atoms with Crippen LogP contribution in [0, 0.1) is 57.2 Å². The molecule has 0 aliphatic heterocycles. The quantitative estimate of drug-likeness (QED) is 0.116. The van der Waals surface area contributed by atoms with Gasteiger partial charge in [0.25, 0.3) is 0 Å². The number of fused-ring (bicyclic) bond motifs is 10. The van der Waals surface area contributed by atoms with Gasteiger partial charge < -0.3 is 45.0 Å². The number of carbonyl (C=O) groups excluding carboxylic acids is 4. The molecule has 6 N–H and O–H groups in total. The van der Waals surface area contributed by atoms with Crippen LogP contribution in [0.15, 0.2) is 47.6 Å². The van der Waals surface area contributed by atoms with E-state index >= 15 is 8.78 Å². The number of hydrogen-bond acceptors (Lipinski definition) is 13. The third-order valence-electron chi connectivity index (χ3n) is 17.6. The van der Waals surface area contributed by atoms with E-state index in [0.29, 0.717) is 49.7 Å². The molecule has 3 unspecified atom stereocenters. The number of aliphatic hydroxyl groups excluding tert-OH is 4. The van der Waals surface area contributed by atoms with Crippen molar-refractivity contribution >= 4 is 31.4 Å². The van der Waals surface area contributed by atoms with Crippen LogP contribution >= 0.6 is 8.25 Å². The summed E-state index contributed by atoms with van der Waals surface area (Å²) in [6, 6.07) is 0. The van der Waals surface area contributed by atoms with Crippen LogP contribution in [-0.2, 0) is 23.7 Å². The Balaban J connectivity index is 0.000000244. The minimum atomic E-state index is -3.63. The summed E-state index contributed by atoms with van der Waals surface area (Å²) in [5, 5.41) is 63.9. The molecule has 0 aromatic heterocycles. The van der Waals surface area contributed by atoms with Crippen molar-refractivity contribution in [3.63, 3.8) is 0 Å². The number of halogens is 2. The average molecular weight is 911 g/mol. The number of ketones is 4. The zero-order chi connectivity index (χ0) is 45.0. The van der Waals surface area contributed by atoms with Crippen LogP contribution in [0.3, 0.4) is 0 Å². The second kappa shape index (κ2) is 18.1. The molecule has 8 rings (SSSR count). The van der Waals surface area contributed by atoms with Gasteiger partial charge in [0.05, 0.1) is 12.2 Å². The van der Waals surface area contributed by atoms with E-state index in [2.05, 4.69) is 0 Å². The molecule has 62 heavy (non-hydrogen) atoms. The fraction of sp³-hybridized carbons (Fsp3) is 0.727. The third kappa shape index (κ3) is 7.23. The molecule has 0 heterocycles. The minimum absolute atomic E-state index is 0. The third-order valence-corrected chi connectivity index (χ3v) is 17.6. The molecule has 13 nitrogen and oxygen atoms in total. The first-order chi connectivity index (χ1) is 27.7. The standard InChI is InChI=1S/2C22H29FO5.2Na.H3O3P/c2*1-12-8-16-15-5-4-13-9-14(25)6-7-19(13,2)21(15,23)17(26)10-20(16,3)22(12,28)18(27)11-24;;;1-4(2)3/h2*6-7,9,12,15-17,24,26,28H,4-5,8,10-11H2,1-3H3;;;4H,(H2,1,2,3)/q;;2*+1;/p-2/t12-,15?,16?,17+,19+,20+,21+,22+;12-,15-,16?,17+,19+,20+,21+,22+;;;/m11.../s1. The van der Waals surface area contributed by atoms with E-state index in [1.54, 1.807) is 53.7 Å². The van der Waals surface area contributed by atoms with Crippen molar-refractivity contribution in [2.45, 2.75) is 128 Å². The topological polar surface area (TPSA) is 253 Å². The molecular formula is C44H59F2Na2O13P. The molecule has 334 valence electrons. The van der Waals surface area contributed by atoms with Gasteiger partial charge in [0, 0.05) is 33.5 Å². The Hall–Kier alpha value is -0.590. The largest absolute Gasteiger partial charge is 1.00 e. The van der Waals surface area contributed by atoms with Crippen LogP contribution in [0.4, 0.5) is 8.78 Å². The summed E-state index contributed by atoms with van der Waals surface area (Å²) in [6.07, 6.45) is 8.88. The van der Waals surface area contributed by atoms with Gasteiger partial charge in [-0.1, -0.05) is 59.2 Å². The summed E-state index contributed by atoms with van der Waals surface area (Å²) in [5.74, 6) is -4.24. The second-order valence-electron chi connectivity index (χ2n) is 19.7. The number of allylic oxidation sites excluding steroid dienone is 8. The van der Waals surface area contributed by atoms with E-state index in [4.69, 9.17) is 14.4 Å². The van der Waals surface area contributed by atoms with Crippen molar-refractivity contribution in [2.75, 3.05) is 13.2 Å².